The fourth-order valence-electron chi connectivity index (χ4n) is 2.34. The molecular formula is C17H16N4O3. The van der Waals surface area contributed by atoms with E-state index in [0.29, 0.717) is 23.0 Å². The molecule has 0 spiro atoms. The van der Waals surface area contributed by atoms with Crippen molar-refractivity contribution in [1.29, 1.82) is 0 Å². The third-order valence-electron chi connectivity index (χ3n) is 3.47. The number of rotatable bonds is 5. The molecule has 3 rings (SSSR count). The second kappa shape index (κ2) is 6.91. The summed E-state index contributed by atoms with van der Waals surface area (Å²) in [4.78, 5) is 20.7. The van der Waals surface area contributed by atoms with Gasteiger partial charge in [0.15, 0.2) is 5.82 Å². The van der Waals surface area contributed by atoms with Gasteiger partial charge in [-0.05, 0) is 18.2 Å². The molecule has 1 aromatic carbocycles. The van der Waals surface area contributed by atoms with Crippen molar-refractivity contribution in [1.82, 2.24) is 20.4 Å². The van der Waals surface area contributed by atoms with E-state index in [1.54, 1.807) is 38.6 Å². The van der Waals surface area contributed by atoms with E-state index < -0.39 is 6.04 Å². The Kier molecular flexibility index (Phi) is 4.51. The number of pyridine rings is 1. The normalized spacial score (nSPS) is 11.8. The summed E-state index contributed by atoms with van der Waals surface area (Å²) < 4.78 is 10.5. The average molecular weight is 324 g/mol. The maximum Gasteiger partial charge on any atom is 0.252 e. The first-order valence-electron chi connectivity index (χ1n) is 7.33. The molecule has 0 bridgehead atoms. The van der Waals surface area contributed by atoms with Crippen LogP contribution >= 0.6 is 0 Å². The molecule has 122 valence electrons. The summed E-state index contributed by atoms with van der Waals surface area (Å²) >= 11 is 0. The SMILES string of the molecule is COc1ccccc1[C@H](NC(=O)c1ccncc1)c1noc(C)n1. The van der Waals surface area contributed by atoms with Crippen LogP contribution in [0.4, 0.5) is 0 Å². The predicted molar refractivity (Wildman–Crippen MR) is 85.6 cm³/mol. The Morgan fingerprint density at radius 2 is 1.96 bits per heavy atom. The van der Waals surface area contributed by atoms with Crippen LogP contribution in [0.15, 0.2) is 53.3 Å². The van der Waals surface area contributed by atoms with E-state index >= 15 is 0 Å². The van der Waals surface area contributed by atoms with Gasteiger partial charge in [-0.2, -0.15) is 4.98 Å². The monoisotopic (exact) mass is 324 g/mol. The third-order valence-corrected chi connectivity index (χ3v) is 3.47. The van der Waals surface area contributed by atoms with Crippen molar-refractivity contribution in [3.63, 3.8) is 0 Å². The van der Waals surface area contributed by atoms with Gasteiger partial charge < -0.3 is 14.6 Å². The Hall–Kier alpha value is -3.22. The summed E-state index contributed by atoms with van der Waals surface area (Å²) in [5.74, 6) is 1.14. The van der Waals surface area contributed by atoms with Gasteiger partial charge in [-0.15, -0.1) is 0 Å². The van der Waals surface area contributed by atoms with E-state index in [1.807, 2.05) is 24.3 Å². The highest BCUT2D eigenvalue weighted by atomic mass is 16.5. The standard InChI is InChI=1S/C17H16N4O3/c1-11-19-16(21-24-11)15(13-5-3-4-6-14(13)23-2)20-17(22)12-7-9-18-10-8-12/h3-10,15H,1-2H3,(H,20,22)/t15-/m0/s1. The maximum atomic E-state index is 12.5. The fourth-order valence-corrected chi connectivity index (χ4v) is 2.34. The molecule has 1 N–H and O–H groups in total. The molecule has 0 radical (unpaired) electrons. The molecule has 7 heteroatoms. The lowest BCUT2D eigenvalue weighted by Gasteiger charge is -2.18. The van der Waals surface area contributed by atoms with Crippen molar-refractivity contribution in [2.75, 3.05) is 7.11 Å². The number of nitrogens with zero attached hydrogens (tertiary/aromatic N) is 3. The predicted octanol–water partition coefficient (Wildman–Crippen LogP) is 2.30. The first kappa shape index (κ1) is 15.7. The van der Waals surface area contributed by atoms with Crippen LogP contribution < -0.4 is 10.1 Å². The van der Waals surface area contributed by atoms with Crippen LogP contribution in [-0.2, 0) is 0 Å². The van der Waals surface area contributed by atoms with Crippen molar-refractivity contribution in [3.8, 4) is 5.75 Å². The second-order valence-corrected chi connectivity index (χ2v) is 5.06. The smallest absolute Gasteiger partial charge is 0.252 e. The van der Waals surface area contributed by atoms with Gasteiger partial charge in [-0.25, -0.2) is 0 Å². The summed E-state index contributed by atoms with van der Waals surface area (Å²) in [5.41, 5.74) is 1.23. The number of carbonyl (C=O) groups is 1. The Bertz CT molecular complexity index is 833. The minimum atomic E-state index is -0.598. The summed E-state index contributed by atoms with van der Waals surface area (Å²) in [6, 6.07) is 10.0. The van der Waals surface area contributed by atoms with Gasteiger partial charge in [0, 0.05) is 30.4 Å². The van der Waals surface area contributed by atoms with E-state index in [0.717, 1.165) is 5.56 Å². The Balaban J connectivity index is 1.98. The van der Waals surface area contributed by atoms with Crippen LogP contribution in [0.5, 0.6) is 5.75 Å². The van der Waals surface area contributed by atoms with Gasteiger partial charge in [0.05, 0.1) is 7.11 Å². The number of nitrogens with one attached hydrogen (secondary N) is 1. The molecule has 0 aliphatic rings. The first-order valence-corrected chi connectivity index (χ1v) is 7.33. The molecule has 0 aliphatic carbocycles. The van der Waals surface area contributed by atoms with Gasteiger partial charge in [-0.1, -0.05) is 23.4 Å². The van der Waals surface area contributed by atoms with Crippen LogP contribution in [0.3, 0.4) is 0 Å². The Morgan fingerprint density at radius 1 is 1.21 bits per heavy atom. The minimum Gasteiger partial charge on any atom is -0.496 e. The zero-order valence-corrected chi connectivity index (χ0v) is 13.3. The lowest BCUT2D eigenvalue weighted by atomic mass is 10.0. The van der Waals surface area contributed by atoms with E-state index in [-0.39, 0.29) is 5.91 Å². The van der Waals surface area contributed by atoms with Gasteiger partial charge >= 0.3 is 0 Å². The van der Waals surface area contributed by atoms with E-state index in [2.05, 4.69) is 20.4 Å². The number of benzene rings is 1. The highest BCUT2D eigenvalue weighted by molar-refractivity contribution is 5.94. The number of methoxy groups -OCH3 is 1. The van der Waals surface area contributed by atoms with Gasteiger partial charge in [0.2, 0.25) is 5.89 Å². The van der Waals surface area contributed by atoms with Crippen LogP contribution in [0.2, 0.25) is 0 Å². The van der Waals surface area contributed by atoms with E-state index in [9.17, 15) is 4.79 Å². The Morgan fingerprint density at radius 3 is 2.62 bits per heavy atom. The average Bonchev–Trinajstić information content (AvgIpc) is 3.06. The largest absolute Gasteiger partial charge is 0.496 e. The summed E-state index contributed by atoms with van der Waals surface area (Å²) in [6.07, 6.45) is 3.12. The molecule has 24 heavy (non-hydrogen) atoms. The molecule has 0 aliphatic heterocycles. The molecule has 0 saturated carbocycles. The van der Waals surface area contributed by atoms with Crippen LogP contribution in [0, 0.1) is 6.92 Å². The van der Waals surface area contributed by atoms with Crippen molar-refractivity contribution >= 4 is 5.91 Å². The number of hydrogen-bond acceptors (Lipinski definition) is 6. The molecule has 0 fully saturated rings. The molecule has 1 atom stereocenters. The maximum absolute atomic E-state index is 12.5. The lowest BCUT2D eigenvalue weighted by Crippen LogP contribution is -2.30. The quantitative estimate of drug-likeness (QED) is 0.774. The van der Waals surface area contributed by atoms with Gasteiger partial charge in [0.25, 0.3) is 5.91 Å². The summed E-state index contributed by atoms with van der Waals surface area (Å²) in [5, 5.41) is 6.87. The minimum absolute atomic E-state index is 0.268. The highest BCUT2D eigenvalue weighted by Crippen LogP contribution is 2.28. The van der Waals surface area contributed by atoms with Gasteiger partial charge in [-0.3, -0.25) is 9.78 Å². The van der Waals surface area contributed by atoms with E-state index in [4.69, 9.17) is 9.26 Å². The van der Waals surface area contributed by atoms with Crippen molar-refractivity contribution in [2.24, 2.45) is 0 Å². The zero-order chi connectivity index (χ0) is 16.9. The number of hydrogen-bond donors (Lipinski definition) is 1. The highest BCUT2D eigenvalue weighted by Gasteiger charge is 2.25. The third kappa shape index (κ3) is 3.24. The van der Waals surface area contributed by atoms with Crippen LogP contribution in [-0.4, -0.2) is 28.1 Å². The summed E-state index contributed by atoms with van der Waals surface area (Å²) in [7, 11) is 1.57. The second-order valence-electron chi connectivity index (χ2n) is 5.06. The molecule has 3 aromatic rings. The van der Waals surface area contributed by atoms with Crippen molar-refractivity contribution in [3.05, 3.63) is 71.6 Å². The molecule has 0 saturated heterocycles. The molecular weight excluding hydrogens is 308 g/mol. The number of carbonyl (C=O) groups excluding carboxylic acids is 1. The molecule has 0 unspecified atom stereocenters. The van der Waals surface area contributed by atoms with Crippen LogP contribution in [0.25, 0.3) is 0 Å². The first-order chi connectivity index (χ1) is 11.7. The van der Waals surface area contributed by atoms with Crippen molar-refractivity contribution in [2.45, 2.75) is 13.0 Å². The summed E-state index contributed by atoms with van der Waals surface area (Å²) in [6.45, 7) is 1.69. The number of amides is 1. The Labute approximate surface area is 138 Å². The zero-order valence-electron chi connectivity index (χ0n) is 13.3. The van der Waals surface area contributed by atoms with Crippen LogP contribution in [0.1, 0.15) is 33.7 Å². The number of para-hydroxylation sites is 1. The molecule has 2 aromatic heterocycles. The lowest BCUT2D eigenvalue weighted by molar-refractivity contribution is 0.0940. The molecule has 7 nitrogen and oxygen atoms in total. The molecule has 1 amide bonds. The van der Waals surface area contributed by atoms with Crippen molar-refractivity contribution < 1.29 is 14.1 Å². The number of ether oxygens (including phenoxy) is 1. The molecule has 2 heterocycles. The number of aryl methyl sites for hydroxylation is 1. The topological polar surface area (TPSA) is 90.1 Å². The van der Waals surface area contributed by atoms with E-state index in [1.165, 1.54) is 0 Å². The fraction of sp³-hybridized carbons (Fsp3) is 0.176. The number of aromatic nitrogens is 3. The van der Waals surface area contributed by atoms with Gasteiger partial charge in [0.1, 0.15) is 11.8 Å².